The van der Waals surface area contributed by atoms with Crippen molar-refractivity contribution in [1.29, 1.82) is 0 Å². The van der Waals surface area contributed by atoms with E-state index in [2.05, 4.69) is 23.2 Å². The van der Waals surface area contributed by atoms with Gasteiger partial charge in [0.2, 0.25) is 0 Å². The highest BCUT2D eigenvalue weighted by atomic mass is 16.3. The van der Waals surface area contributed by atoms with Gasteiger partial charge in [0.1, 0.15) is 0 Å². The van der Waals surface area contributed by atoms with Crippen molar-refractivity contribution in [3.05, 3.63) is 48.0 Å². The summed E-state index contributed by atoms with van der Waals surface area (Å²) in [6, 6.07) is 10.7. The van der Waals surface area contributed by atoms with E-state index < -0.39 is 0 Å². The van der Waals surface area contributed by atoms with E-state index in [9.17, 15) is 5.11 Å². The molecule has 2 unspecified atom stereocenters. The molecule has 2 heteroatoms. The second kappa shape index (κ2) is 4.46. The summed E-state index contributed by atoms with van der Waals surface area (Å²) in [6.45, 7) is 0. The van der Waals surface area contributed by atoms with Crippen LogP contribution in [0.25, 0.3) is 0 Å². The zero-order valence-corrected chi connectivity index (χ0v) is 9.74. The van der Waals surface area contributed by atoms with Crippen LogP contribution in [0.5, 0.6) is 0 Å². The number of rotatable bonds is 1. The van der Waals surface area contributed by atoms with Gasteiger partial charge in [0.15, 0.2) is 0 Å². The summed E-state index contributed by atoms with van der Waals surface area (Å²) in [6.07, 6.45) is 7.71. The first-order chi connectivity index (χ1) is 8.36. The molecule has 1 aromatic rings. The van der Waals surface area contributed by atoms with Crippen molar-refractivity contribution in [3.63, 3.8) is 0 Å². The molecule has 1 aliphatic heterocycles. The minimum absolute atomic E-state index is 0.198. The van der Waals surface area contributed by atoms with Crippen LogP contribution in [0, 0.1) is 5.92 Å². The van der Waals surface area contributed by atoms with Gasteiger partial charge >= 0.3 is 0 Å². The van der Waals surface area contributed by atoms with Gasteiger partial charge in [0, 0.05) is 18.1 Å². The largest absolute Gasteiger partial charge is 0.392 e. The van der Waals surface area contributed by atoms with Gasteiger partial charge in [0.05, 0.1) is 12.1 Å². The van der Waals surface area contributed by atoms with Crippen molar-refractivity contribution >= 4 is 6.21 Å². The van der Waals surface area contributed by atoms with Crippen LogP contribution in [-0.2, 0) is 0 Å². The fourth-order valence-electron chi connectivity index (χ4n) is 3.09. The number of hydrogen-bond acceptors (Lipinski definition) is 2. The molecule has 17 heavy (non-hydrogen) atoms. The molecule has 1 aromatic carbocycles. The number of aliphatic hydroxyl groups excluding tert-OH is 1. The number of benzene rings is 1. The Labute approximate surface area is 102 Å². The SMILES string of the molecule is O[C@H]1CCC2N=CC=CC2[C@@H]1c1ccccc1. The second-order valence-electron chi connectivity index (χ2n) is 4.91. The fourth-order valence-corrected chi connectivity index (χ4v) is 3.09. The van der Waals surface area contributed by atoms with E-state index in [1.54, 1.807) is 0 Å². The Morgan fingerprint density at radius 3 is 2.76 bits per heavy atom. The van der Waals surface area contributed by atoms with Crippen LogP contribution in [0.2, 0.25) is 0 Å². The highest BCUT2D eigenvalue weighted by Gasteiger charge is 2.38. The van der Waals surface area contributed by atoms with Crippen molar-refractivity contribution in [2.45, 2.75) is 30.9 Å². The Kier molecular flexibility index (Phi) is 2.81. The number of aliphatic hydroxyl groups is 1. The topological polar surface area (TPSA) is 32.6 Å². The van der Waals surface area contributed by atoms with Crippen LogP contribution in [-0.4, -0.2) is 23.5 Å². The van der Waals surface area contributed by atoms with Crippen LogP contribution in [0.15, 0.2) is 47.5 Å². The lowest BCUT2D eigenvalue weighted by atomic mass is 9.70. The van der Waals surface area contributed by atoms with Gasteiger partial charge in [0.25, 0.3) is 0 Å². The summed E-state index contributed by atoms with van der Waals surface area (Å²) < 4.78 is 0. The van der Waals surface area contributed by atoms with Crippen molar-refractivity contribution in [3.8, 4) is 0 Å². The number of dihydropyridines is 1. The molecular weight excluding hydrogens is 210 g/mol. The molecule has 1 heterocycles. The standard InChI is InChI=1S/C15H17NO/c17-14-9-8-13-12(7-4-10-16-13)15(14)11-5-2-1-3-6-11/h1-7,10,12-15,17H,8-9H2/t12?,13?,14-,15-/m0/s1. The van der Waals surface area contributed by atoms with E-state index in [1.807, 2.05) is 30.5 Å². The molecule has 1 fully saturated rings. The first kappa shape index (κ1) is 10.7. The third kappa shape index (κ3) is 1.93. The third-order valence-corrected chi connectivity index (χ3v) is 3.91. The minimum Gasteiger partial charge on any atom is -0.392 e. The maximum Gasteiger partial charge on any atom is 0.0616 e. The molecule has 0 amide bonds. The average Bonchev–Trinajstić information content (AvgIpc) is 2.39. The van der Waals surface area contributed by atoms with Crippen LogP contribution in [0.3, 0.4) is 0 Å². The summed E-state index contributed by atoms with van der Waals surface area (Å²) >= 11 is 0. The molecular formula is C15H17NO. The van der Waals surface area contributed by atoms with Gasteiger partial charge in [-0.2, -0.15) is 0 Å². The van der Waals surface area contributed by atoms with E-state index in [-0.39, 0.29) is 12.0 Å². The van der Waals surface area contributed by atoms with Crippen LogP contribution in [0.1, 0.15) is 24.3 Å². The molecule has 2 nitrogen and oxygen atoms in total. The lowest BCUT2D eigenvalue weighted by molar-refractivity contribution is 0.0773. The van der Waals surface area contributed by atoms with Crippen molar-refractivity contribution in [2.24, 2.45) is 10.9 Å². The molecule has 0 spiro atoms. The van der Waals surface area contributed by atoms with Gasteiger partial charge in [-0.15, -0.1) is 0 Å². The Bertz CT molecular complexity index is 437. The highest BCUT2D eigenvalue weighted by molar-refractivity contribution is 5.72. The van der Waals surface area contributed by atoms with Gasteiger partial charge in [-0.1, -0.05) is 36.4 Å². The minimum atomic E-state index is -0.239. The predicted molar refractivity (Wildman–Crippen MR) is 69.3 cm³/mol. The molecule has 0 saturated heterocycles. The Balaban J connectivity index is 1.95. The number of nitrogens with zero attached hydrogens (tertiary/aromatic N) is 1. The quantitative estimate of drug-likeness (QED) is 0.785. The first-order valence-electron chi connectivity index (χ1n) is 6.29. The molecule has 2 aliphatic rings. The highest BCUT2D eigenvalue weighted by Crippen LogP contribution is 2.41. The van der Waals surface area contributed by atoms with E-state index >= 15 is 0 Å². The van der Waals surface area contributed by atoms with E-state index in [1.165, 1.54) is 5.56 Å². The van der Waals surface area contributed by atoms with Crippen molar-refractivity contribution < 1.29 is 5.11 Å². The number of aliphatic imine (C=N–C) groups is 1. The second-order valence-corrected chi connectivity index (χ2v) is 4.91. The molecule has 1 aliphatic carbocycles. The Morgan fingerprint density at radius 2 is 1.94 bits per heavy atom. The third-order valence-electron chi connectivity index (χ3n) is 3.91. The number of allylic oxidation sites excluding steroid dienone is 1. The van der Waals surface area contributed by atoms with Gasteiger partial charge in [-0.3, -0.25) is 4.99 Å². The summed E-state index contributed by atoms with van der Waals surface area (Å²) in [5.41, 5.74) is 1.23. The molecule has 3 rings (SSSR count). The molecule has 1 saturated carbocycles. The molecule has 88 valence electrons. The molecule has 0 bridgehead atoms. The molecule has 0 aromatic heterocycles. The van der Waals surface area contributed by atoms with Gasteiger partial charge < -0.3 is 5.11 Å². The number of fused-ring (bicyclic) bond motifs is 1. The average molecular weight is 227 g/mol. The molecule has 4 atom stereocenters. The molecule has 0 radical (unpaired) electrons. The molecule has 1 N–H and O–H groups in total. The fraction of sp³-hybridized carbons (Fsp3) is 0.400. The maximum absolute atomic E-state index is 10.3. The summed E-state index contributed by atoms with van der Waals surface area (Å²) in [4.78, 5) is 4.54. The monoisotopic (exact) mass is 227 g/mol. The Morgan fingerprint density at radius 1 is 1.12 bits per heavy atom. The van der Waals surface area contributed by atoms with E-state index in [0.717, 1.165) is 12.8 Å². The number of hydrogen-bond donors (Lipinski definition) is 1. The van der Waals surface area contributed by atoms with Crippen LogP contribution < -0.4 is 0 Å². The normalized spacial score (nSPS) is 35.6. The lowest BCUT2D eigenvalue weighted by Gasteiger charge is -2.39. The zero-order chi connectivity index (χ0) is 11.7. The zero-order valence-electron chi connectivity index (χ0n) is 9.74. The summed E-state index contributed by atoms with van der Waals surface area (Å²) in [5.74, 6) is 0.551. The van der Waals surface area contributed by atoms with E-state index in [4.69, 9.17) is 0 Å². The van der Waals surface area contributed by atoms with Gasteiger partial charge in [-0.05, 0) is 24.5 Å². The van der Waals surface area contributed by atoms with E-state index in [0.29, 0.717) is 12.0 Å². The summed E-state index contributed by atoms with van der Waals surface area (Å²) in [7, 11) is 0. The lowest BCUT2D eigenvalue weighted by Crippen LogP contribution is -2.38. The first-order valence-corrected chi connectivity index (χ1v) is 6.29. The maximum atomic E-state index is 10.3. The van der Waals surface area contributed by atoms with Crippen molar-refractivity contribution in [1.82, 2.24) is 0 Å². The van der Waals surface area contributed by atoms with Crippen LogP contribution in [0.4, 0.5) is 0 Å². The van der Waals surface area contributed by atoms with Gasteiger partial charge in [-0.25, -0.2) is 0 Å². The summed E-state index contributed by atoms with van der Waals surface area (Å²) in [5, 5.41) is 10.3. The van der Waals surface area contributed by atoms with Crippen LogP contribution >= 0.6 is 0 Å². The van der Waals surface area contributed by atoms with Crippen molar-refractivity contribution in [2.75, 3.05) is 0 Å². The predicted octanol–water partition coefficient (Wildman–Crippen LogP) is 2.55. The Hall–Kier alpha value is -1.41. The smallest absolute Gasteiger partial charge is 0.0616 e.